The summed E-state index contributed by atoms with van der Waals surface area (Å²) in [4.78, 5) is 11.4. The molecule has 0 radical (unpaired) electrons. The fraction of sp³-hybridized carbons (Fsp3) is 0.733. The van der Waals surface area contributed by atoms with Crippen molar-refractivity contribution in [1.29, 1.82) is 0 Å². The lowest BCUT2D eigenvalue weighted by Gasteiger charge is -2.24. The number of nitrogens with zero attached hydrogens (tertiary/aromatic N) is 3. The molecule has 112 valence electrons. The molecule has 1 aromatic rings. The standard InChI is InChI=1S/C15H27N5/c1-11-14(16-3)18-12(2)19-15(11)17-9-10-20(4)13-7-5-6-8-13/h13H,5-10H2,1-4H3,(H2,16,17,18,19). The van der Waals surface area contributed by atoms with Gasteiger partial charge in [-0.05, 0) is 33.7 Å². The molecule has 2 rings (SSSR count). The largest absolute Gasteiger partial charge is 0.373 e. The minimum atomic E-state index is 0.776. The maximum absolute atomic E-state index is 4.49. The van der Waals surface area contributed by atoms with Crippen LogP contribution in [0.5, 0.6) is 0 Å². The summed E-state index contributed by atoms with van der Waals surface area (Å²) in [5.74, 6) is 2.65. The fourth-order valence-corrected chi connectivity index (χ4v) is 2.92. The lowest BCUT2D eigenvalue weighted by atomic mass is 10.2. The first-order valence-electron chi connectivity index (χ1n) is 7.59. The minimum absolute atomic E-state index is 0.776. The highest BCUT2D eigenvalue weighted by molar-refractivity contribution is 5.56. The van der Waals surface area contributed by atoms with Gasteiger partial charge in [0.2, 0.25) is 0 Å². The van der Waals surface area contributed by atoms with E-state index in [1.807, 2.05) is 20.9 Å². The third-order valence-corrected chi connectivity index (χ3v) is 4.20. The van der Waals surface area contributed by atoms with E-state index in [4.69, 9.17) is 0 Å². The van der Waals surface area contributed by atoms with Crippen LogP contribution in [0.1, 0.15) is 37.1 Å². The Morgan fingerprint density at radius 2 is 1.80 bits per heavy atom. The van der Waals surface area contributed by atoms with Crippen LogP contribution in [0.4, 0.5) is 11.6 Å². The van der Waals surface area contributed by atoms with Gasteiger partial charge in [-0.1, -0.05) is 12.8 Å². The van der Waals surface area contributed by atoms with Gasteiger partial charge in [-0.15, -0.1) is 0 Å². The van der Waals surface area contributed by atoms with Gasteiger partial charge in [0.15, 0.2) is 0 Å². The Labute approximate surface area is 122 Å². The first kappa shape index (κ1) is 15.0. The first-order valence-corrected chi connectivity index (χ1v) is 7.59. The highest BCUT2D eigenvalue weighted by atomic mass is 15.2. The van der Waals surface area contributed by atoms with Crippen LogP contribution in [-0.4, -0.2) is 48.1 Å². The van der Waals surface area contributed by atoms with Crippen LogP contribution in [0.25, 0.3) is 0 Å². The lowest BCUT2D eigenvalue weighted by molar-refractivity contribution is 0.254. The van der Waals surface area contributed by atoms with Gasteiger partial charge in [-0.3, -0.25) is 0 Å². The van der Waals surface area contributed by atoms with E-state index in [9.17, 15) is 0 Å². The highest BCUT2D eigenvalue weighted by Crippen LogP contribution is 2.22. The van der Waals surface area contributed by atoms with Crippen LogP contribution in [0.2, 0.25) is 0 Å². The third kappa shape index (κ3) is 3.60. The zero-order valence-corrected chi connectivity index (χ0v) is 13.2. The number of nitrogens with one attached hydrogen (secondary N) is 2. The van der Waals surface area contributed by atoms with Crippen molar-refractivity contribution >= 4 is 11.6 Å². The third-order valence-electron chi connectivity index (χ3n) is 4.20. The molecule has 1 heterocycles. The number of likely N-dealkylation sites (N-methyl/N-ethyl adjacent to an activating group) is 1. The van der Waals surface area contributed by atoms with E-state index in [0.29, 0.717) is 0 Å². The Balaban J connectivity index is 1.88. The van der Waals surface area contributed by atoms with E-state index in [0.717, 1.165) is 42.2 Å². The molecule has 0 aliphatic heterocycles. The van der Waals surface area contributed by atoms with Crippen LogP contribution in [0.3, 0.4) is 0 Å². The van der Waals surface area contributed by atoms with Gasteiger partial charge in [0.25, 0.3) is 0 Å². The summed E-state index contributed by atoms with van der Waals surface area (Å²) in [7, 11) is 4.13. The van der Waals surface area contributed by atoms with E-state index in [2.05, 4.69) is 32.5 Å². The second-order valence-electron chi connectivity index (χ2n) is 5.69. The van der Waals surface area contributed by atoms with Crippen molar-refractivity contribution in [3.63, 3.8) is 0 Å². The second-order valence-corrected chi connectivity index (χ2v) is 5.69. The van der Waals surface area contributed by atoms with Gasteiger partial charge in [-0.2, -0.15) is 0 Å². The summed E-state index contributed by atoms with van der Waals surface area (Å²) in [6.07, 6.45) is 5.48. The molecule has 20 heavy (non-hydrogen) atoms. The molecule has 5 heteroatoms. The van der Waals surface area contributed by atoms with E-state index >= 15 is 0 Å². The summed E-state index contributed by atoms with van der Waals surface area (Å²) in [6, 6.07) is 0.776. The Morgan fingerprint density at radius 1 is 1.15 bits per heavy atom. The molecule has 0 aromatic carbocycles. The van der Waals surface area contributed by atoms with E-state index in [1.165, 1.54) is 25.7 Å². The lowest BCUT2D eigenvalue weighted by Crippen LogP contribution is -2.33. The molecule has 0 saturated heterocycles. The molecule has 0 unspecified atom stereocenters. The summed E-state index contributed by atoms with van der Waals surface area (Å²) >= 11 is 0. The summed E-state index contributed by atoms with van der Waals surface area (Å²) in [5, 5.41) is 6.57. The van der Waals surface area contributed by atoms with Crippen molar-refractivity contribution in [1.82, 2.24) is 14.9 Å². The molecular formula is C15H27N5. The average molecular weight is 277 g/mol. The smallest absolute Gasteiger partial charge is 0.134 e. The molecule has 1 aliphatic carbocycles. The Hall–Kier alpha value is -1.36. The van der Waals surface area contributed by atoms with Crippen molar-refractivity contribution in [2.75, 3.05) is 37.8 Å². The van der Waals surface area contributed by atoms with Gasteiger partial charge in [0, 0.05) is 31.7 Å². The normalized spacial score (nSPS) is 15.8. The monoisotopic (exact) mass is 277 g/mol. The van der Waals surface area contributed by atoms with E-state index < -0.39 is 0 Å². The van der Waals surface area contributed by atoms with Crippen molar-refractivity contribution in [3.8, 4) is 0 Å². The highest BCUT2D eigenvalue weighted by Gasteiger charge is 2.19. The van der Waals surface area contributed by atoms with Crippen LogP contribution in [0, 0.1) is 13.8 Å². The number of anilines is 2. The number of aromatic nitrogens is 2. The van der Waals surface area contributed by atoms with Crippen molar-refractivity contribution in [2.24, 2.45) is 0 Å². The van der Waals surface area contributed by atoms with Crippen LogP contribution in [0.15, 0.2) is 0 Å². The molecule has 0 bridgehead atoms. The molecule has 0 atom stereocenters. The summed E-state index contributed by atoms with van der Waals surface area (Å²) in [5.41, 5.74) is 1.08. The quantitative estimate of drug-likeness (QED) is 0.836. The molecule has 2 N–H and O–H groups in total. The van der Waals surface area contributed by atoms with Gasteiger partial charge >= 0.3 is 0 Å². The first-order chi connectivity index (χ1) is 9.61. The molecule has 0 amide bonds. The van der Waals surface area contributed by atoms with E-state index in [-0.39, 0.29) is 0 Å². The molecule has 1 aromatic heterocycles. The predicted octanol–water partition coefficient (Wildman–Crippen LogP) is 2.42. The maximum Gasteiger partial charge on any atom is 0.134 e. The minimum Gasteiger partial charge on any atom is -0.373 e. The van der Waals surface area contributed by atoms with Gasteiger partial charge in [0.05, 0.1) is 0 Å². The van der Waals surface area contributed by atoms with E-state index in [1.54, 1.807) is 0 Å². The summed E-state index contributed by atoms with van der Waals surface area (Å²) in [6.45, 7) is 5.96. The zero-order chi connectivity index (χ0) is 14.5. The molecule has 1 saturated carbocycles. The second kappa shape index (κ2) is 6.88. The van der Waals surface area contributed by atoms with Crippen molar-refractivity contribution < 1.29 is 0 Å². The number of rotatable bonds is 6. The van der Waals surface area contributed by atoms with Crippen LogP contribution >= 0.6 is 0 Å². The average Bonchev–Trinajstić information content (AvgIpc) is 2.96. The predicted molar refractivity (Wildman–Crippen MR) is 84.4 cm³/mol. The van der Waals surface area contributed by atoms with Gasteiger partial charge in [0.1, 0.15) is 17.5 Å². The fourth-order valence-electron chi connectivity index (χ4n) is 2.92. The Bertz CT molecular complexity index is 440. The molecule has 0 spiro atoms. The maximum atomic E-state index is 4.49. The number of aryl methyl sites for hydroxylation is 1. The molecular weight excluding hydrogens is 250 g/mol. The molecule has 5 nitrogen and oxygen atoms in total. The SMILES string of the molecule is CNc1nc(C)nc(NCCN(C)C2CCCC2)c1C. The van der Waals surface area contributed by atoms with Gasteiger partial charge in [-0.25, -0.2) is 9.97 Å². The number of hydrogen-bond acceptors (Lipinski definition) is 5. The zero-order valence-electron chi connectivity index (χ0n) is 13.2. The van der Waals surface area contributed by atoms with Crippen LogP contribution in [-0.2, 0) is 0 Å². The molecule has 1 aliphatic rings. The Morgan fingerprint density at radius 3 is 2.45 bits per heavy atom. The number of hydrogen-bond donors (Lipinski definition) is 2. The van der Waals surface area contributed by atoms with Crippen molar-refractivity contribution in [3.05, 3.63) is 11.4 Å². The van der Waals surface area contributed by atoms with Crippen LogP contribution < -0.4 is 10.6 Å². The Kier molecular flexibility index (Phi) is 5.17. The summed E-state index contributed by atoms with van der Waals surface area (Å²) < 4.78 is 0. The topological polar surface area (TPSA) is 53.1 Å². The van der Waals surface area contributed by atoms with Gasteiger partial charge < -0.3 is 15.5 Å². The molecule has 1 fully saturated rings. The van der Waals surface area contributed by atoms with Crippen molar-refractivity contribution in [2.45, 2.75) is 45.6 Å².